The molecule has 2 aliphatic rings. The highest BCUT2D eigenvalue weighted by atomic mass is 16.6. The van der Waals surface area contributed by atoms with Gasteiger partial charge in [-0.2, -0.15) is 0 Å². The largest absolute Gasteiger partial charge is 0.482 e. The minimum absolute atomic E-state index is 0.139. The van der Waals surface area contributed by atoms with Crippen LogP contribution in [-0.4, -0.2) is 48.1 Å². The Balaban J connectivity index is 1.80. The van der Waals surface area contributed by atoms with Crippen molar-refractivity contribution in [2.45, 2.75) is 32.1 Å². The number of benzene rings is 1. The zero-order valence-electron chi connectivity index (χ0n) is 12.0. The molecule has 0 aliphatic carbocycles. The van der Waals surface area contributed by atoms with Gasteiger partial charge in [0.15, 0.2) is 11.5 Å². The molecule has 3 rings (SSSR count). The topological polar surface area (TPSA) is 67.9 Å². The molecule has 0 aromatic heterocycles. The Bertz CT molecular complexity index is 575. The molecule has 21 heavy (non-hydrogen) atoms. The van der Waals surface area contributed by atoms with Gasteiger partial charge < -0.3 is 19.7 Å². The first-order valence-corrected chi connectivity index (χ1v) is 7.08. The number of nitrogens with one attached hydrogen (secondary N) is 1. The second kappa shape index (κ2) is 5.27. The van der Waals surface area contributed by atoms with Gasteiger partial charge in [-0.1, -0.05) is 12.1 Å². The van der Waals surface area contributed by atoms with Crippen molar-refractivity contribution in [1.82, 2.24) is 10.2 Å². The average molecular weight is 290 g/mol. The van der Waals surface area contributed by atoms with E-state index in [9.17, 15) is 9.59 Å². The number of ether oxygens (including phenoxy) is 2. The van der Waals surface area contributed by atoms with Crippen LogP contribution in [0.5, 0.6) is 11.5 Å². The molecular formula is C15H18N2O4. The minimum atomic E-state index is -0.728. The lowest BCUT2D eigenvalue weighted by molar-refractivity contribution is -0.152. The van der Waals surface area contributed by atoms with Crippen LogP contribution in [0.4, 0.5) is 0 Å². The lowest BCUT2D eigenvalue weighted by Gasteiger charge is -2.38. The Hall–Kier alpha value is -2.24. The highest BCUT2D eigenvalue weighted by Crippen LogP contribution is 2.34. The van der Waals surface area contributed by atoms with Gasteiger partial charge in [0.25, 0.3) is 5.91 Å². The molecule has 112 valence electrons. The van der Waals surface area contributed by atoms with Gasteiger partial charge in [-0.25, -0.2) is 0 Å². The summed E-state index contributed by atoms with van der Waals surface area (Å²) in [5.41, 5.74) is 0. The molecule has 2 amide bonds. The third-order valence-electron chi connectivity index (χ3n) is 3.87. The van der Waals surface area contributed by atoms with E-state index in [2.05, 4.69) is 5.32 Å². The van der Waals surface area contributed by atoms with Crippen LogP contribution in [0.25, 0.3) is 0 Å². The van der Waals surface area contributed by atoms with Crippen molar-refractivity contribution in [3.8, 4) is 11.5 Å². The number of para-hydroxylation sites is 2. The molecular weight excluding hydrogens is 272 g/mol. The summed E-state index contributed by atoms with van der Waals surface area (Å²) in [6.45, 7) is 4.47. The lowest BCUT2D eigenvalue weighted by Crippen LogP contribution is -2.60. The first kappa shape index (κ1) is 13.7. The Labute approximate surface area is 123 Å². The summed E-state index contributed by atoms with van der Waals surface area (Å²) in [6, 6.07) is 6.78. The first-order valence-electron chi connectivity index (χ1n) is 7.08. The van der Waals surface area contributed by atoms with E-state index in [1.54, 1.807) is 24.8 Å². The maximum atomic E-state index is 12.7. The molecule has 6 heteroatoms. The fourth-order valence-corrected chi connectivity index (χ4v) is 2.64. The van der Waals surface area contributed by atoms with Gasteiger partial charge in [-0.05, 0) is 26.0 Å². The zero-order valence-corrected chi connectivity index (χ0v) is 12.0. The van der Waals surface area contributed by atoms with Crippen molar-refractivity contribution in [1.29, 1.82) is 0 Å². The van der Waals surface area contributed by atoms with Crippen LogP contribution in [0.15, 0.2) is 24.3 Å². The van der Waals surface area contributed by atoms with Crippen molar-refractivity contribution in [2.24, 2.45) is 0 Å². The summed E-state index contributed by atoms with van der Waals surface area (Å²) in [5, 5.41) is 2.74. The number of carbonyl (C=O) groups excluding carboxylic acids is 2. The van der Waals surface area contributed by atoms with Crippen molar-refractivity contribution >= 4 is 11.8 Å². The summed E-state index contributed by atoms with van der Waals surface area (Å²) in [5.74, 6) is 0.847. The van der Waals surface area contributed by atoms with Crippen LogP contribution in [-0.2, 0) is 9.59 Å². The number of nitrogens with zero attached hydrogens (tertiary/aromatic N) is 1. The first-order chi connectivity index (χ1) is 10.1. The molecule has 6 nitrogen and oxygen atoms in total. The van der Waals surface area contributed by atoms with Gasteiger partial charge in [0.2, 0.25) is 12.0 Å². The Kier molecular flexibility index (Phi) is 3.45. The minimum Gasteiger partial charge on any atom is -0.482 e. The van der Waals surface area contributed by atoms with E-state index < -0.39 is 18.2 Å². The van der Waals surface area contributed by atoms with Crippen LogP contribution in [0.1, 0.15) is 13.8 Å². The summed E-state index contributed by atoms with van der Waals surface area (Å²) in [4.78, 5) is 25.9. The van der Waals surface area contributed by atoms with Crippen molar-refractivity contribution < 1.29 is 19.1 Å². The fourth-order valence-electron chi connectivity index (χ4n) is 2.64. The van der Waals surface area contributed by atoms with Crippen LogP contribution in [0.2, 0.25) is 0 Å². The summed E-state index contributed by atoms with van der Waals surface area (Å²) in [7, 11) is 0. The Morgan fingerprint density at radius 1 is 1.24 bits per heavy atom. The van der Waals surface area contributed by atoms with Crippen molar-refractivity contribution in [2.75, 3.05) is 13.1 Å². The summed E-state index contributed by atoms with van der Waals surface area (Å²) in [6.07, 6.45) is -1.13. The molecule has 2 aliphatic heterocycles. The van der Waals surface area contributed by atoms with E-state index in [1.807, 2.05) is 18.2 Å². The maximum Gasteiger partial charge on any atom is 0.268 e. The summed E-state index contributed by atoms with van der Waals surface area (Å²) < 4.78 is 11.5. The molecule has 0 saturated carbocycles. The van der Waals surface area contributed by atoms with Crippen LogP contribution in [0, 0.1) is 0 Å². The second-order valence-electron chi connectivity index (χ2n) is 5.31. The van der Waals surface area contributed by atoms with Crippen LogP contribution in [0.3, 0.4) is 0 Å². The highest BCUT2D eigenvalue weighted by molar-refractivity contribution is 5.90. The molecule has 3 atom stereocenters. The van der Waals surface area contributed by atoms with Gasteiger partial charge in [-0.15, -0.1) is 0 Å². The van der Waals surface area contributed by atoms with E-state index in [0.717, 1.165) is 0 Å². The number of piperazine rings is 1. The van der Waals surface area contributed by atoms with Crippen LogP contribution < -0.4 is 14.8 Å². The van der Waals surface area contributed by atoms with Gasteiger partial charge in [0.05, 0.1) is 0 Å². The predicted molar refractivity (Wildman–Crippen MR) is 75.1 cm³/mol. The Morgan fingerprint density at radius 3 is 2.62 bits per heavy atom. The number of amides is 2. The SMILES string of the molecule is CC1Oc2ccccc2OC1C(=O)N1CCNC(=O)C1C. The lowest BCUT2D eigenvalue weighted by atomic mass is 10.1. The number of hydrogen-bond acceptors (Lipinski definition) is 4. The Morgan fingerprint density at radius 2 is 1.90 bits per heavy atom. The van der Waals surface area contributed by atoms with E-state index in [1.165, 1.54) is 0 Å². The van der Waals surface area contributed by atoms with Gasteiger partial charge >= 0.3 is 0 Å². The smallest absolute Gasteiger partial charge is 0.268 e. The van der Waals surface area contributed by atoms with Crippen LogP contribution >= 0.6 is 0 Å². The standard InChI is InChI=1S/C15H18N2O4/c1-9-14(18)16-7-8-17(9)15(19)13-10(2)20-11-5-3-4-6-12(11)21-13/h3-6,9-10,13H,7-8H2,1-2H3,(H,16,18). The molecule has 1 saturated heterocycles. The molecule has 0 radical (unpaired) electrons. The highest BCUT2D eigenvalue weighted by Gasteiger charge is 2.40. The zero-order chi connectivity index (χ0) is 15.0. The molecule has 1 aromatic rings. The van der Waals surface area contributed by atoms with E-state index in [4.69, 9.17) is 9.47 Å². The number of carbonyl (C=O) groups is 2. The van der Waals surface area contributed by atoms with E-state index in [-0.39, 0.29) is 11.8 Å². The third-order valence-corrected chi connectivity index (χ3v) is 3.87. The summed E-state index contributed by atoms with van der Waals surface area (Å²) >= 11 is 0. The molecule has 0 spiro atoms. The molecule has 1 N–H and O–H groups in total. The van der Waals surface area contributed by atoms with Gasteiger partial charge in [0, 0.05) is 13.1 Å². The maximum absolute atomic E-state index is 12.7. The molecule has 1 aromatic carbocycles. The molecule has 2 heterocycles. The molecule has 3 unspecified atom stereocenters. The van der Waals surface area contributed by atoms with Crippen molar-refractivity contribution in [3.05, 3.63) is 24.3 Å². The van der Waals surface area contributed by atoms with Crippen molar-refractivity contribution in [3.63, 3.8) is 0 Å². The molecule has 1 fully saturated rings. The molecule has 0 bridgehead atoms. The average Bonchev–Trinajstić information content (AvgIpc) is 2.48. The van der Waals surface area contributed by atoms with Gasteiger partial charge in [0.1, 0.15) is 12.1 Å². The van der Waals surface area contributed by atoms with Gasteiger partial charge in [-0.3, -0.25) is 9.59 Å². The van der Waals surface area contributed by atoms with E-state index >= 15 is 0 Å². The number of hydrogen-bond donors (Lipinski definition) is 1. The normalized spacial score (nSPS) is 28.0. The fraction of sp³-hybridized carbons (Fsp3) is 0.467. The third kappa shape index (κ3) is 2.41. The predicted octanol–water partition coefficient (Wildman–Crippen LogP) is 0.562. The number of fused-ring (bicyclic) bond motifs is 1. The quantitative estimate of drug-likeness (QED) is 0.820. The monoisotopic (exact) mass is 290 g/mol. The van der Waals surface area contributed by atoms with E-state index in [0.29, 0.717) is 24.6 Å². The second-order valence-corrected chi connectivity index (χ2v) is 5.31. The number of rotatable bonds is 1.